The second-order valence-electron chi connectivity index (χ2n) is 1.88. The van der Waals surface area contributed by atoms with Gasteiger partial charge < -0.3 is 4.98 Å². The van der Waals surface area contributed by atoms with Crippen LogP contribution in [0.3, 0.4) is 0 Å². The maximum atomic E-state index is 8.55. The normalized spacial score (nSPS) is 9.90. The Labute approximate surface area is 61.1 Å². The van der Waals surface area contributed by atoms with E-state index in [1.54, 1.807) is 12.4 Å². The summed E-state index contributed by atoms with van der Waals surface area (Å²) in [6, 6.07) is 2.08. The van der Waals surface area contributed by atoms with Gasteiger partial charge in [0.1, 0.15) is 6.07 Å². The zero-order valence-corrected chi connectivity index (χ0v) is 5.77. The van der Waals surface area contributed by atoms with Gasteiger partial charge in [-0.05, 0) is 11.5 Å². The molecule has 48 valence electrons. The van der Waals surface area contributed by atoms with E-state index >= 15 is 0 Å². The maximum Gasteiger partial charge on any atom is 0.102 e. The van der Waals surface area contributed by atoms with Crippen molar-refractivity contribution < 1.29 is 0 Å². The number of fused-ring (bicyclic) bond motifs is 1. The van der Waals surface area contributed by atoms with E-state index in [2.05, 4.69) is 15.4 Å². The molecule has 0 radical (unpaired) electrons. The third-order valence-corrected chi connectivity index (χ3v) is 2.14. The molecule has 0 fully saturated rings. The van der Waals surface area contributed by atoms with Gasteiger partial charge in [0.15, 0.2) is 0 Å². The van der Waals surface area contributed by atoms with Crippen molar-refractivity contribution in [2.75, 3.05) is 0 Å². The molecule has 0 amide bonds. The summed E-state index contributed by atoms with van der Waals surface area (Å²) in [5.74, 6) is 0. The van der Waals surface area contributed by atoms with Crippen LogP contribution in [-0.4, -0.2) is 9.36 Å². The van der Waals surface area contributed by atoms with Crippen molar-refractivity contribution in [3.63, 3.8) is 0 Å². The molecule has 0 atom stereocenters. The lowest BCUT2D eigenvalue weighted by Crippen LogP contribution is -1.59. The summed E-state index contributed by atoms with van der Waals surface area (Å²) in [4.78, 5) is 2.94. The number of nitriles is 1. The lowest BCUT2D eigenvalue weighted by molar-refractivity contribution is 1.43. The second-order valence-corrected chi connectivity index (χ2v) is 2.68. The fraction of sp³-hybridized carbons (Fsp3) is 0. The van der Waals surface area contributed by atoms with Crippen molar-refractivity contribution in [1.82, 2.24) is 9.36 Å². The van der Waals surface area contributed by atoms with E-state index in [-0.39, 0.29) is 0 Å². The van der Waals surface area contributed by atoms with Gasteiger partial charge in [-0.1, -0.05) is 0 Å². The van der Waals surface area contributed by atoms with Gasteiger partial charge in [-0.25, -0.2) is 0 Å². The molecule has 0 aromatic carbocycles. The second kappa shape index (κ2) is 1.82. The minimum Gasteiger partial charge on any atom is -0.358 e. The summed E-state index contributed by atoms with van der Waals surface area (Å²) in [5.41, 5.74) is 1.62. The number of nitrogens with zero attached hydrogens (tertiary/aromatic N) is 2. The first-order valence-corrected chi connectivity index (χ1v) is 3.51. The van der Waals surface area contributed by atoms with Crippen LogP contribution >= 0.6 is 11.5 Å². The highest BCUT2D eigenvalue weighted by molar-refractivity contribution is 7.13. The minimum absolute atomic E-state index is 0.678. The summed E-state index contributed by atoms with van der Waals surface area (Å²) >= 11 is 1.34. The number of aromatic amines is 1. The molecule has 0 saturated heterocycles. The maximum absolute atomic E-state index is 8.55. The van der Waals surface area contributed by atoms with Gasteiger partial charge in [-0.15, -0.1) is 0 Å². The molecular formula is C6H3N3S. The quantitative estimate of drug-likeness (QED) is 0.617. The number of nitrogens with one attached hydrogen (secondary N) is 1. The Hall–Kier alpha value is -1.34. The number of aromatic nitrogens is 2. The van der Waals surface area contributed by atoms with Gasteiger partial charge >= 0.3 is 0 Å². The van der Waals surface area contributed by atoms with Gasteiger partial charge in [-0.3, -0.25) is 0 Å². The molecule has 0 unspecified atom stereocenters. The van der Waals surface area contributed by atoms with Crippen LogP contribution < -0.4 is 0 Å². The molecule has 2 heterocycles. The smallest absolute Gasteiger partial charge is 0.102 e. The first-order valence-electron chi connectivity index (χ1n) is 2.73. The van der Waals surface area contributed by atoms with E-state index in [0.29, 0.717) is 5.56 Å². The Morgan fingerprint density at radius 3 is 3.40 bits per heavy atom. The molecule has 0 aliphatic heterocycles. The molecule has 10 heavy (non-hydrogen) atoms. The van der Waals surface area contributed by atoms with E-state index in [1.165, 1.54) is 11.5 Å². The van der Waals surface area contributed by atoms with E-state index in [4.69, 9.17) is 5.26 Å². The van der Waals surface area contributed by atoms with Gasteiger partial charge in [0, 0.05) is 6.20 Å². The molecule has 0 bridgehead atoms. The van der Waals surface area contributed by atoms with Gasteiger partial charge in [-0.2, -0.15) is 9.64 Å². The van der Waals surface area contributed by atoms with E-state index in [1.807, 2.05) is 0 Å². The van der Waals surface area contributed by atoms with Crippen molar-refractivity contribution in [2.24, 2.45) is 0 Å². The van der Waals surface area contributed by atoms with E-state index in [0.717, 1.165) is 10.2 Å². The van der Waals surface area contributed by atoms with Crippen LogP contribution in [0, 0.1) is 11.3 Å². The Morgan fingerprint density at radius 1 is 1.70 bits per heavy atom. The molecule has 0 aliphatic rings. The van der Waals surface area contributed by atoms with Crippen LogP contribution in [0.2, 0.25) is 0 Å². The molecule has 2 aromatic rings. The van der Waals surface area contributed by atoms with Crippen LogP contribution in [0.25, 0.3) is 10.2 Å². The van der Waals surface area contributed by atoms with Crippen LogP contribution in [-0.2, 0) is 0 Å². The average Bonchev–Trinajstić information content (AvgIpc) is 2.44. The zero-order valence-electron chi connectivity index (χ0n) is 4.96. The standard InChI is InChI=1S/C6H3N3S/c7-1-4-2-8-5-3-9-10-6(4)5/h2-3,8H. The fourth-order valence-corrected chi connectivity index (χ4v) is 1.51. The highest BCUT2D eigenvalue weighted by Crippen LogP contribution is 2.20. The summed E-state index contributed by atoms with van der Waals surface area (Å²) < 4.78 is 4.88. The van der Waals surface area contributed by atoms with Crippen LogP contribution in [0.4, 0.5) is 0 Å². The minimum atomic E-state index is 0.678. The lowest BCUT2D eigenvalue weighted by atomic mass is 10.4. The van der Waals surface area contributed by atoms with Gasteiger partial charge in [0.05, 0.1) is 22.0 Å². The highest BCUT2D eigenvalue weighted by Gasteiger charge is 2.02. The van der Waals surface area contributed by atoms with Crippen molar-refractivity contribution in [3.05, 3.63) is 18.0 Å². The van der Waals surface area contributed by atoms with Crippen LogP contribution in [0.15, 0.2) is 12.4 Å². The molecule has 0 saturated carbocycles. The lowest BCUT2D eigenvalue weighted by Gasteiger charge is -1.70. The SMILES string of the molecule is N#Cc1c[nH]c2cnsc12. The number of hydrogen-bond donors (Lipinski definition) is 1. The highest BCUT2D eigenvalue weighted by atomic mass is 32.1. The molecule has 3 nitrogen and oxygen atoms in total. The van der Waals surface area contributed by atoms with Gasteiger partial charge in [0.25, 0.3) is 0 Å². The molecule has 0 aliphatic carbocycles. The fourth-order valence-electron chi connectivity index (χ4n) is 0.835. The predicted octanol–water partition coefficient (Wildman–Crippen LogP) is 1.50. The topological polar surface area (TPSA) is 52.5 Å². The summed E-state index contributed by atoms with van der Waals surface area (Å²) in [7, 11) is 0. The van der Waals surface area contributed by atoms with E-state index in [9.17, 15) is 0 Å². The Kier molecular flexibility index (Phi) is 0.992. The zero-order chi connectivity index (χ0) is 6.97. The molecule has 2 rings (SSSR count). The van der Waals surface area contributed by atoms with Crippen molar-refractivity contribution in [1.29, 1.82) is 5.26 Å². The number of H-pyrrole nitrogens is 1. The van der Waals surface area contributed by atoms with Crippen LogP contribution in [0.1, 0.15) is 5.56 Å². The molecule has 1 N–H and O–H groups in total. The number of rotatable bonds is 0. The molecular weight excluding hydrogens is 146 g/mol. The monoisotopic (exact) mass is 149 g/mol. The van der Waals surface area contributed by atoms with Crippen molar-refractivity contribution >= 4 is 21.7 Å². The van der Waals surface area contributed by atoms with Crippen LogP contribution in [0.5, 0.6) is 0 Å². The summed E-state index contributed by atoms with van der Waals surface area (Å²) in [5, 5.41) is 8.55. The Balaban J connectivity index is 2.92. The first kappa shape index (κ1) is 5.45. The Bertz CT molecular complexity index is 392. The first-order chi connectivity index (χ1) is 4.92. The van der Waals surface area contributed by atoms with Gasteiger partial charge in [0.2, 0.25) is 0 Å². The largest absolute Gasteiger partial charge is 0.358 e. The number of hydrogen-bond acceptors (Lipinski definition) is 3. The molecule has 4 heteroatoms. The van der Waals surface area contributed by atoms with Crippen molar-refractivity contribution in [3.8, 4) is 6.07 Å². The Morgan fingerprint density at radius 2 is 2.60 bits per heavy atom. The summed E-state index contributed by atoms with van der Waals surface area (Å²) in [6.07, 6.45) is 3.42. The molecule has 2 aromatic heterocycles. The predicted molar refractivity (Wildman–Crippen MR) is 38.7 cm³/mol. The third kappa shape index (κ3) is 0.552. The van der Waals surface area contributed by atoms with Crippen molar-refractivity contribution in [2.45, 2.75) is 0 Å². The summed E-state index contributed by atoms with van der Waals surface area (Å²) in [6.45, 7) is 0. The third-order valence-electron chi connectivity index (χ3n) is 1.31. The van der Waals surface area contributed by atoms with E-state index < -0.39 is 0 Å². The average molecular weight is 149 g/mol. The molecule has 0 spiro atoms.